The lowest BCUT2D eigenvalue weighted by atomic mass is 10.2. The van der Waals surface area contributed by atoms with Crippen LogP contribution in [0.15, 0.2) is 12.4 Å². The van der Waals surface area contributed by atoms with E-state index in [1.165, 1.54) is 19.3 Å². The highest BCUT2D eigenvalue weighted by Gasteiger charge is 1.96. The van der Waals surface area contributed by atoms with Gasteiger partial charge in [-0.3, -0.25) is 4.68 Å². The highest BCUT2D eigenvalue weighted by molar-refractivity contribution is 5.37. The zero-order chi connectivity index (χ0) is 10.2. The molecule has 0 saturated heterocycles. The Morgan fingerprint density at radius 1 is 1.50 bits per heavy atom. The highest BCUT2D eigenvalue weighted by Crippen LogP contribution is 2.05. The van der Waals surface area contributed by atoms with Gasteiger partial charge in [0.1, 0.15) is 0 Å². The number of aliphatic hydroxyl groups is 1. The zero-order valence-corrected chi connectivity index (χ0v) is 8.74. The zero-order valence-electron chi connectivity index (χ0n) is 8.74. The summed E-state index contributed by atoms with van der Waals surface area (Å²) in [6.45, 7) is 3.89. The molecule has 0 aliphatic carbocycles. The first-order valence-corrected chi connectivity index (χ1v) is 5.24. The van der Waals surface area contributed by atoms with Crippen LogP contribution in [-0.4, -0.2) is 28.0 Å². The second-order valence-electron chi connectivity index (χ2n) is 3.35. The minimum Gasteiger partial charge on any atom is -0.394 e. The van der Waals surface area contributed by atoms with Gasteiger partial charge in [0.25, 0.3) is 0 Å². The molecule has 1 heterocycles. The first kappa shape index (κ1) is 11.0. The molecule has 0 fully saturated rings. The van der Waals surface area contributed by atoms with Gasteiger partial charge in [0.05, 0.1) is 25.0 Å². The van der Waals surface area contributed by atoms with Gasteiger partial charge < -0.3 is 10.4 Å². The summed E-state index contributed by atoms with van der Waals surface area (Å²) in [6.07, 6.45) is 7.41. The predicted octanol–water partition coefficient (Wildman–Crippen LogP) is 1.48. The van der Waals surface area contributed by atoms with Crippen LogP contribution in [0.2, 0.25) is 0 Å². The van der Waals surface area contributed by atoms with Crippen LogP contribution in [0.4, 0.5) is 5.69 Å². The van der Waals surface area contributed by atoms with Crippen LogP contribution in [0.1, 0.15) is 26.2 Å². The second kappa shape index (κ2) is 6.43. The SMILES string of the molecule is CCCCCNc1cnn(CCO)c1. The van der Waals surface area contributed by atoms with Gasteiger partial charge in [0.15, 0.2) is 0 Å². The maximum Gasteiger partial charge on any atom is 0.0726 e. The molecule has 1 aromatic rings. The third-order valence-corrected chi connectivity index (χ3v) is 2.07. The third-order valence-electron chi connectivity index (χ3n) is 2.07. The van der Waals surface area contributed by atoms with Crippen molar-refractivity contribution in [3.8, 4) is 0 Å². The molecule has 80 valence electrons. The molecule has 0 amide bonds. The maximum atomic E-state index is 8.69. The van der Waals surface area contributed by atoms with Crippen molar-refractivity contribution in [2.45, 2.75) is 32.7 Å². The summed E-state index contributed by atoms with van der Waals surface area (Å²) in [5.74, 6) is 0. The van der Waals surface area contributed by atoms with Crippen LogP contribution < -0.4 is 5.32 Å². The molecule has 4 heteroatoms. The van der Waals surface area contributed by atoms with Crippen LogP contribution in [0.25, 0.3) is 0 Å². The van der Waals surface area contributed by atoms with Crippen LogP contribution in [0.3, 0.4) is 0 Å². The third kappa shape index (κ3) is 3.79. The molecule has 0 aliphatic heterocycles. The first-order chi connectivity index (χ1) is 6.86. The average molecular weight is 197 g/mol. The van der Waals surface area contributed by atoms with E-state index in [1.54, 1.807) is 10.9 Å². The Morgan fingerprint density at radius 3 is 3.07 bits per heavy atom. The number of nitrogens with one attached hydrogen (secondary N) is 1. The van der Waals surface area contributed by atoms with Crippen LogP contribution in [0.5, 0.6) is 0 Å². The number of rotatable bonds is 7. The second-order valence-corrected chi connectivity index (χ2v) is 3.35. The molecular weight excluding hydrogens is 178 g/mol. The van der Waals surface area contributed by atoms with E-state index in [9.17, 15) is 0 Å². The van der Waals surface area contributed by atoms with E-state index in [1.807, 2.05) is 6.20 Å². The molecule has 0 atom stereocenters. The molecule has 1 rings (SSSR count). The number of anilines is 1. The van der Waals surface area contributed by atoms with E-state index in [4.69, 9.17) is 5.11 Å². The molecule has 0 spiro atoms. The number of unbranched alkanes of at least 4 members (excludes halogenated alkanes) is 2. The molecule has 0 radical (unpaired) electrons. The predicted molar refractivity (Wildman–Crippen MR) is 57.3 cm³/mol. The highest BCUT2D eigenvalue weighted by atomic mass is 16.3. The van der Waals surface area contributed by atoms with E-state index in [-0.39, 0.29) is 6.61 Å². The van der Waals surface area contributed by atoms with E-state index in [0.717, 1.165) is 12.2 Å². The maximum absolute atomic E-state index is 8.69. The lowest BCUT2D eigenvalue weighted by molar-refractivity contribution is 0.269. The summed E-state index contributed by atoms with van der Waals surface area (Å²) in [5, 5.41) is 16.1. The molecule has 1 aromatic heterocycles. The van der Waals surface area contributed by atoms with Crippen molar-refractivity contribution < 1.29 is 5.11 Å². The quantitative estimate of drug-likeness (QED) is 0.651. The standard InChI is InChI=1S/C10H19N3O/c1-2-3-4-5-11-10-8-12-13(9-10)6-7-14/h8-9,11,14H,2-7H2,1H3. The average Bonchev–Trinajstić information content (AvgIpc) is 2.61. The topological polar surface area (TPSA) is 50.1 Å². The number of nitrogens with zero attached hydrogens (tertiary/aromatic N) is 2. The molecule has 2 N–H and O–H groups in total. The molecule has 4 nitrogen and oxygen atoms in total. The lowest BCUT2D eigenvalue weighted by Gasteiger charge is -2.01. The van der Waals surface area contributed by atoms with E-state index < -0.39 is 0 Å². The largest absolute Gasteiger partial charge is 0.394 e. The normalized spacial score (nSPS) is 10.4. The summed E-state index contributed by atoms with van der Waals surface area (Å²) >= 11 is 0. The summed E-state index contributed by atoms with van der Waals surface area (Å²) in [4.78, 5) is 0. The Morgan fingerprint density at radius 2 is 2.36 bits per heavy atom. The van der Waals surface area contributed by atoms with E-state index in [2.05, 4.69) is 17.3 Å². The monoisotopic (exact) mass is 197 g/mol. The van der Waals surface area contributed by atoms with Gasteiger partial charge in [-0.05, 0) is 6.42 Å². The van der Waals surface area contributed by atoms with Gasteiger partial charge in [-0.2, -0.15) is 5.10 Å². The van der Waals surface area contributed by atoms with Gasteiger partial charge in [0.2, 0.25) is 0 Å². The van der Waals surface area contributed by atoms with Crippen molar-refractivity contribution >= 4 is 5.69 Å². The van der Waals surface area contributed by atoms with Gasteiger partial charge >= 0.3 is 0 Å². The Bertz CT molecular complexity index is 247. The summed E-state index contributed by atoms with van der Waals surface area (Å²) in [7, 11) is 0. The number of aliphatic hydroxyl groups excluding tert-OH is 1. The van der Waals surface area contributed by atoms with Gasteiger partial charge in [-0.15, -0.1) is 0 Å². The molecule has 0 aliphatic rings. The van der Waals surface area contributed by atoms with Crippen molar-refractivity contribution in [1.29, 1.82) is 0 Å². The van der Waals surface area contributed by atoms with Crippen molar-refractivity contribution in [2.24, 2.45) is 0 Å². The first-order valence-electron chi connectivity index (χ1n) is 5.24. The summed E-state index contributed by atoms with van der Waals surface area (Å²) in [6, 6.07) is 0. The Labute approximate surface area is 84.9 Å². The molecular formula is C10H19N3O. The van der Waals surface area contributed by atoms with Crippen molar-refractivity contribution in [2.75, 3.05) is 18.5 Å². The van der Waals surface area contributed by atoms with Crippen molar-refractivity contribution in [3.63, 3.8) is 0 Å². The Kier molecular flexibility index (Phi) is 5.07. The summed E-state index contributed by atoms with van der Waals surface area (Å²) < 4.78 is 1.74. The molecule has 0 saturated carbocycles. The van der Waals surface area contributed by atoms with E-state index >= 15 is 0 Å². The van der Waals surface area contributed by atoms with Gasteiger partial charge in [-0.25, -0.2) is 0 Å². The van der Waals surface area contributed by atoms with Crippen molar-refractivity contribution in [1.82, 2.24) is 9.78 Å². The number of aromatic nitrogens is 2. The number of hydrogen-bond donors (Lipinski definition) is 2. The van der Waals surface area contributed by atoms with Gasteiger partial charge in [0, 0.05) is 12.7 Å². The van der Waals surface area contributed by atoms with Crippen LogP contribution in [-0.2, 0) is 6.54 Å². The van der Waals surface area contributed by atoms with E-state index in [0.29, 0.717) is 6.54 Å². The van der Waals surface area contributed by atoms with Crippen LogP contribution in [0, 0.1) is 0 Å². The fourth-order valence-electron chi connectivity index (χ4n) is 1.29. The fraction of sp³-hybridized carbons (Fsp3) is 0.700. The molecule has 0 unspecified atom stereocenters. The van der Waals surface area contributed by atoms with Crippen molar-refractivity contribution in [3.05, 3.63) is 12.4 Å². The molecule has 14 heavy (non-hydrogen) atoms. The molecule has 0 aromatic carbocycles. The summed E-state index contributed by atoms with van der Waals surface area (Å²) in [5.41, 5.74) is 1.04. The Hall–Kier alpha value is -1.03. The minimum absolute atomic E-state index is 0.136. The minimum atomic E-state index is 0.136. The lowest BCUT2D eigenvalue weighted by Crippen LogP contribution is -2.02. The Balaban J connectivity index is 2.22. The fourth-order valence-corrected chi connectivity index (χ4v) is 1.29. The van der Waals surface area contributed by atoms with Gasteiger partial charge in [-0.1, -0.05) is 19.8 Å². The molecule has 0 bridgehead atoms. The smallest absolute Gasteiger partial charge is 0.0726 e. The van der Waals surface area contributed by atoms with Crippen LogP contribution >= 0.6 is 0 Å². The number of hydrogen-bond acceptors (Lipinski definition) is 3.